The van der Waals surface area contributed by atoms with Gasteiger partial charge in [-0.15, -0.1) is 0 Å². The first-order valence-corrected chi connectivity index (χ1v) is 5.32. The zero-order valence-electron chi connectivity index (χ0n) is 6.73. The fourth-order valence-corrected chi connectivity index (χ4v) is 2.35. The van der Waals surface area contributed by atoms with Crippen molar-refractivity contribution in [1.29, 1.82) is 0 Å². The molecule has 2 rings (SSSR count). The molecule has 0 amide bonds. The van der Waals surface area contributed by atoms with E-state index in [9.17, 15) is 13.0 Å². The van der Waals surface area contributed by atoms with Gasteiger partial charge in [-0.05, 0) is 11.1 Å². The number of fused-ring (bicyclic) bond motifs is 1. The Kier molecular flexibility index (Phi) is 1.87. The topological polar surface area (TPSA) is 66.1 Å². The zero-order valence-corrected chi connectivity index (χ0v) is 7.54. The summed E-state index contributed by atoms with van der Waals surface area (Å²) in [5.41, 5.74) is 1.46. The summed E-state index contributed by atoms with van der Waals surface area (Å²) in [5, 5.41) is 1.60. The predicted octanol–water partition coefficient (Wildman–Crippen LogP) is 0.549. The molecule has 0 spiro atoms. The first kappa shape index (κ1) is 8.68. The maximum atomic E-state index is 10.8. The molecule has 1 aromatic rings. The molecule has 1 unspecified atom stereocenters. The van der Waals surface area contributed by atoms with Crippen molar-refractivity contribution in [3.8, 4) is 0 Å². The second-order valence-corrected chi connectivity index (χ2v) is 4.41. The fourth-order valence-electron chi connectivity index (χ4n) is 1.52. The molecule has 1 aromatic carbocycles. The van der Waals surface area contributed by atoms with Crippen molar-refractivity contribution in [2.75, 3.05) is 0 Å². The number of rotatable bonds is 1. The summed E-state index contributed by atoms with van der Waals surface area (Å²) in [7, 11) is -4.28. The second-order valence-electron chi connectivity index (χ2n) is 2.95. The lowest BCUT2D eigenvalue weighted by Gasteiger charge is -2.05. The maximum Gasteiger partial charge on any atom is 0.315 e. The van der Waals surface area contributed by atoms with Crippen molar-refractivity contribution < 1.29 is 13.0 Å². The van der Waals surface area contributed by atoms with Gasteiger partial charge in [-0.1, -0.05) is 28.8 Å². The highest BCUT2D eigenvalue weighted by atomic mass is 32.2. The van der Waals surface area contributed by atoms with Gasteiger partial charge in [0.05, 0.1) is 0 Å². The van der Waals surface area contributed by atoms with Crippen molar-refractivity contribution in [2.45, 2.75) is 11.9 Å². The van der Waals surface area contributed by atoms with Crippen LogP contribution in [0.5, 0.6) is 0 Å². The van der Waals surface area contributed by atoms with E-state index in [1.807, 2.05) is 12.1 Å². The zero-order chi connectivity index (χ0) is 9.47. The van der Waals surface area contributed by atoms with E-state index in [0.29, 0.717) is 12.1 Å². The van der Waals surface area contributed by atoms with Gasteiger partial charge in [-0.3, -0.25) is 5.32 Å². The average Bonchev–Trinajstić information content (AvgIpc) is 2.45. The minimum Gasteiger partial charge on any atom is -0.291 e. The van der Waals surface area contributed by atoms with Crippen LogP contribution in [0.25, 0.3) is 0 Å². The van der Waals surface area contributed by atoms with Crippen LogP contribution >= 0.6 is 0 Å². The molecular weight excluding hydrogens is 190 g/mol. The molecule has 1 aliphatic rings. The molecule has 0 aromatic heterocycles. The SMILES string of the molecule is [O]S(=O)(=O)C1NCc2ccccc21. The van der Waals surface area contributed by atoms with Gasteiger partial charge >= 0.3 is 10.1 Å². The molecule has 1 N–H and O–H groups in total. The predicted molar refractivity (Wildman–Crippen MR) is 45.6 cm³/mol. The number of hydrogen-bond acceptors (Lipinski definition) is 3. The molecule has 1 aliphatic heterocycles. The Bertz CT molecular complexity index is 427. The summed E-state index contributed by atoms with van der Waals surface area (Å²) in [5.74, 6) is 0. The largest absolute Gasteiger partial charge is 0.315 e. The summed E-state index contributed by atoms with van der Waals surface area (Å²) in [4.78, 5) is 0. The van der Waals surface area contributed by atoms with Gasteiger partial charge in [-0.2, -0.15) is 8.42 Å². The number of nitrogens with one attached hydrogen (secondary N) is 1. The summed E-state index contributed by atoms with van der Waals surface area (Å²) in [6.07, 6.45) is 0. The smallest absolute Gasteiger partial charge is 0.291 e. The van der Waals surface area contributed by atoms with E-state index >= 15 is 0 Å². The van der Waals surface area contributed by atoms with E-state index in [1.165, 1.54) is 0 Å². The highest BCUT2D eigenvalue weighted by Gasteiger charge is 2.32. The molecule has 1 heterocycles. The van der Waals surface area contributed by atoms with Crippen LogP contribution in [0.15, 0.2) is 24.3 Å². The van der Waals surface area contributed by atoms with Crippen molar-refractivity contribution in [2.24, 2.45) is 0 Å². The highest BCUT2D eigenvalue weighted by molar-refractivity contribution is 7.85. The third-order valence-corrected chi connectivity index (χ3v) is 3.10. The highest BCUT2D eigenvalue weighted by Crippen LogP contribution is 2.28. The second kappa shape index (κ2) is 2.80. The number of hydrogen-bond donors (Lipinski definition) is 1. The Morgan fingerprint density at radius 3 is 2.69 bits per heavy atom. The third kappa shape index (κ3) is 1.46. The summed E-state index contributed by atoms with van der Waals surface area (Å²) in [6.45, 7) is 0.447. The molecule has 0 saturated heterocycles. The standard InChI is InChI=1S/C8H8NO3S/c10-13(11,12)8-7-4-2-1-3-6(7)5-9-8/h1-4,8-9H,5H2. The summed E-state index contributed by atoms with van der Waals surface area (Å²) < 4.78 is 32.3. The quantitative estimate of drug-likeness (QED) is 0.716. The molecule has 13 heavy (non-hydrogen) atoms. The molecule has 1 atom stereocenters. The third-order valence-electron chi connectivity index (χ3n) is 2.10. The number of benzene rings is 1. The minimum absolute atomic E-state index is 0.447. The monoisotopic (exact) mass is 198 g/mol. The molecule has 0 bridgehead atoms. The van der Waals surface area contributed by atoms with Crippen molar-refractivity contribution in [3.05, 3.63) is 35.4 Å². The Morgan fingerprint density at radius 1 is 1.31 bits per heavy atom. The molecule has 0 saturated carbocycles. The van der Waals surface area contributed by atoms with Crippen molar-refractivity contribution >= 4 is 10.1 Å². The normalized spacial score (nSPS) is 21.5. The van der Waals surface area contributed by atoms with Crippen LogP contribution < -0.4 is 5.32 Å². The first-order valence-electron chi connectivity index (χ1n) is 3.85. The fraction of sp³-hybridized carbons (Fsp3) is 0.250. The lowest BCUT2D eigenvalue weighted by molar-refractivity contribution is 0.396. The van der Waals surface area contributed by atoms with E-state index in [1.54, 1.807) is 12.1 Å². The molecule has 4 nitrogen and oxygen atoms in total. The molecular formula is C8H8NO3S. The maximum absolute atomic E-state index is 10.8. The van der Waals surface area contributed by atoms with Gasteiger partial charge < -0.3 is 0 Å². The average molecular weight is 198 g/mol. The van der Waals surface area contributed by atoms with Gasteiger partial charge in [-0.25, -0.2) is 0 Å². The molecule has 69 valence electrons. The minimum atomic E-state index is -4.28. The van der Waals surface area contributed by atoms with E-state index < -0.39 is 15.5 Å². The Balaban J connectivity index is 2.51. The van der Waals surface area contributed by atoms with Gasteiger partial charge in [0.15, 0.2) is 5.37 Å². The Labute approximate surface area is 76.3 Å². The van der Waals surface area contributed by atoms with Gasteiger partial charge in [0, 0.05) is 6.54 Å². The van der Waals surface area contributed by atoms with E-state index in [-0.39, 0.29) is 0 Å². The first-order chi connectivity index (χ1) is 6.09. The van der Waals surface area contributed by atoms with Crippen LogP contribution in [-0.4, -0.2) is 8.42 Å². The Morgan fingerprint density at radius 2 is 2.00 bits per heavy atom. The van der Waals surface area contributed by atoms with Gasteiger partial charge in [0.25, 0.3) is 0 Å². The lowest BCUT2D eigenvalue weighted by atomic mass is 10.1. The molecule has 0 aliphatic carbocycles. The van der Waals surface area contributed by atoms with E-state index in [0.717, 1.165) is 5.56 Å². The summed E-state index contributed by atoms with van der Waals surface area (Å²) in [6, 6.07) is 7.02. The van der Waals surface area contributed by atoms with E-state index in [4.69, 9.17) is 0 Å². The van der Waals surface area contributed by atoms with Crippen molar-refractivity contribution in [1.82, 2.24) is 5.32 Å². The summed E-state index contributed by atoms with van der Waals surface area (Å²) >= 11 is 0. The van der Waals surface area contributed by atoms with Crippen LogP contribution in [0.4, 0.5) is 0 Å². The lowest BCUT2D eigenvalue weighted by Crippen LogP contribution is -2.20. The van der Waals surface area contributed by atoms with E-state index in [2.05, 4.69) is 5.32 Å². The van der Waals surface area contributed by atoms with Crippen LogP contribution in [0, 0.1) is 0 Å². The molecule has 0 fully saturated rings. The van der Waals surface area contributed by atoms with Crippen LogP contribution in [0.1, 0.15) is 16.5 Å². The van der Waals surface area contributed by atoms with Gasteiger partial charge in [0.2, 0.25) is 0 Å². The van der Waals surface area contributed by atoms with Crippen molar-refractivity contribution in [3.63, 3.8) is 0 Å². The van der Waals surface area contributed by atoms with Crippen LogP contribution in [-0.2, 0) is 21.2 Å². The Hall–Kier alpha value is -0.910. The molecule has 5 heteroatoms. The van der Waals surface area contributed by atoms with Crippen LogP contribution in [0.3, 0.4) is 0 Å². The molecule has 1 radical (unpaired) electrons. The van der Waals surface area contributed by atoms with Crippen LogP contribution in [0.2, 0.25) is 0 Å². The van der Waals surface area contributed by atoms with Gasteiger partial charge in [0.1, 0.15) is 0 Å².